The molecule has 2 aromatic carbocycles. The second kappa shape index (κ2) is 5.09. The largest absolute Gasteiger partial charge is 0.307 e. The summed E-state index contributed by atoms with van der Waals surface area (Å²) in [5, 5.41) is 0. The Bertz CT molecular complexity index is 723. The molecule has 21 heavy (non-hydrogen) atoms. The zero-order valence-electron chi connectivity index (χ0n) is 11.0. The van der Waals surface area contributed by atoms with Gasteiger partial charge in [-0.1, -0.05) is 18.2 Å². The van der Waals surface area contributed by atoms with Crippen molar-refractivity contribution in [2.45, 2.75) is 6.42 Å². The Morgan fingerprint density at radius 1 is 1.00 bits per heavy atom. The van der Waals surface area contributed by atoms with Crippen LogP contribution in [0.5, 0.6) is 0 Å². The lowest BCUT2D eigenvalue weighted by molar-refractivity contribution is 0.0951. The standard InChI is InChI=1S/C16H11F2NO2/c17-11-5-3-6-12(18)15(11)16(21)19-9-8-14(20)10-4-1-2-7-13(10)19/h1-7H,8-9H2. The van der Waals surface area contributed by atoms with Crippen LogP contribution < -0.4 is 4.90 Å². The molecule has 2 aromatic rings. The Balaban J connectivity index is 2.08. The van der Waals surface area contributed by atoms with Crippen LogP contribution in [0, 0.1) is 11.6 Å². The predicted octanol–water partition coefficient (Wildman–Crippen LogP) is 3.20. The second-order valence-corrected chi connectivity index (χ2v) is 4.74. The lowest BCUT2D eigenvalue weighted by Gasteiger charge is -2.28. The molecule has 0 unspecified atom stereocenters. The number of benzene rings is 2. The van der Waals surface area contributed by atoms with Crippen LogP contribution in [-0.4, -0.2) is 18.2 Å². The van der Waals surface area contributed by atoms with Crippen molar-refractivity contribution in [1.29, 1.82) is 0 Å². The molecule has 5 heteroatoms. The molecule has 0 saturated carbocycles. The number of amides is 1. The van der Waals surface area contributed by atoms with E-state index in [1.807, 2.05) is 0 Å². The number of carbonyl (C=O) groups excluding carboxylic acids is 2. The lowest BCUT2D eigenvalue weighted by Crippen LogP contribution is -2.38. The van der Waals surface area contributed by atoms with Gasteiger partial charge in [-0.3, -0.25) is 9.59 Å². The number of Topliss-reactive ketones (excluding diaryl/α,β-unsaturated/α-hetero) is 1. The number of rotatable bonds is 1. The number of ketones is 1. The van der Waals surface area contributed by atoms with E-state index in [-0.39, 0.29) is 18.7 Å². The summed E-state index contributed by atoms with van der Waals surface area (Å²) in [5.74, 6) is -2.67. The van der Waals surface area contributed by atoms with Gasteiger partial charge in [0, 0.05) is 18.5 Å². The molecule has 1 aliphatic heterocycles. The monoisotopic (exact) mass is 287 g/mol. The summed E-state index contributed by atoms with van der Waals surface area (Å²) in [6.07, 6.45) is 0.138. The summed E-state index contributed by atoms with van der Waals surface area (Å²) >= 11 is 0. The highest BCUT2D eigenvalue weighted by Gasteiger charge is 2.30. The first kappa shape index (κ1) is 13.4. The minimum absolute atomic E-state index is 0.0799. The SMILES string of the molecule is O=C1CCN(C(=O)c2c(F)cccc2F)c2ccccc21. The molecule has 0 aliphatic carbocycles. The maximum Gasteiger partial charge on any atom is 0.264 e. The fourth-order valence-corrected chi connectivity index (χ4v) is 2.46. The van der Waals surface area contributed by atoms with E-state index < -0.39 is 23.1 Å². The summed E-state index contributed by atoms with van der Waals surface area (Å²) < 4.78 is 27.5. The van der Waals surface area contributed by atoms with Crippen LogP contribution in [-0.2, 0) is 0 Å². The fourth-order valence-electron chi connectivity index (χ4n) is 2.46. The van der Waals surface area contributed by atoms with Crippen LogP contribution in [0.3, 0.4) is 0 Å². The van der Waals surface area contributed by atoms with Crippen molar-refractivity contribution < 1.29 is 18.4 Å². The number of hydrogen-bond donors (Lipinski definition) is 0. The first-order valence-electron chi connectivity index (χ1n) is 6.47. The van der Waals surface area contributed by atoms with E-state index in [1.54, 1.807) is 24.3 Å². The molecule has 3 rings (SSSR count). The molecular formula is C16H11F2NO2. The van der Waals surface area contributed by atoms with Gasteiger partial charge < -0.3 is 4.90 Å². The molecule has 0 aromatic heterocycles. The van der Waals surface area contributed by atoms with E-state index in [4.69, 9.17) is 0 Å². The van der Waals surface area contributed by atoms with E-state index in [1.165, 1.54) is 11.0 Å². The van der Waals surface area contributed by atoms with Crippen LogP contribution in [0.4, 0.5) is 14.5 Å². The summed E-state index contributed by atoms with van der Waals surface area (Å²) in [7, 11) is 0. The summed E-state index contributed by atoms with van der Waals surface area (Å²) in [6.45, 7) is 0.114. The molecule has 0 spiro atoms. The molecule has 0 atom stereocenters. The number of anilines is 1. The summed E-state index contributed by atoms with van der Waals surface area (Å²) in [4.78, 5) is 25.5. The molecular weight excluding hydrogens is 276 g/mol. The lowest BCUT2D eigenvalue weighted by atomic mass is 9.99. The minimum atomic E-state index is -0.908. The average molecular weight is 287 g/mol. The normalized spacial score (nSPS) is 14.0. The predicted molar refractivity (Wildman–Crippen MR) is 73.4 cm³/mol. The van der Waals surface area contributed by atoms with Crippen molar-refractivity contribution in [3.63, 3.8) is 0 Å². The van der Waals surface area contributed by atoms with Crippen LogP contribution in [0.15, 0.2) is 42.5 Å². The van der Waals surface area contributed by atoms with Gasteiger partial charge in [0.25, 0.3) is 5.91 Å². The molecule has 1 amide bonds. The molecule has 106 valence electrons. The van der Waals surface area contributed by atoms with Crippen LogP contribution in [0.25, 0.3) is 0 Å². The number of hydrogen-bond acceptors (Lipinski definition) is 2. The van der Waals surface area contributed by atoms with Crippen molar-refractivity contribution in [2.75, 3.05) is 11.4 Å². The van der Waals surface area contributed by atoms with Gasteiger partial charge in [-0.25, -0.2) is 8.78 Å². The third kappa shape index (κ3) is 2.20. The van der Waals surface area contributed by atoms with Gasteiger partial charge in [-0.2, -0.15) is 0 Å². The topological polar surface area (TPSA) is 37.4 Å². The van der Waals surface area contributed by atoms with E-state index in [9.17, 15) is 18.4 Å². The quantitative estimate of drug-likeness (QED) is 0.807. The highest BCUT2D eigenvalue weighted by Crippen LogP contribution is 2.29. The molecule has 1 heterocycles. The second-order valence-electron chi connectivity index (χ2n) is 4.74. The highest BCUT2D eigenvalue weighted by molar-refractivity contribution is 6.13. The Morgan fingerprint density at radius 3 is 2.38 bits per heavy atom. The average Bonchev–Trinajstić information content (AvgIpc) is 2.47. The van der Waals surface area contributed by atoms with Gasteiger partial charge in [-0.05, 0) is 24.3 Å². The first-order chi connectivity index (χ1) is 10.1. The van der Waals surface area contributed by atoms with E-state index in [0.717, 1.165) is 12.1 Å². The van der Waals surface area contributed by atoms with Gasteiger partial charge in [0.05, 0.1) is 5.69 Å². The maximum atomic E-state index is 13.8. The molecule has 0 saturated heterocycles. The number of fused-ring (bicyclic) bond motifs is 1. The Kier molecular flexibility index (Phi) is 3.25. The zero-order valence-corrected chi connectivity index (χ0v) is 11.0. The van der Waals surface area contributed by atoms with Crippen molar-refractivity contribution in [3.05, 3.63) is 65.2 Å². The van der Waals surface area contributed by atoms with Crippen LogP contribution in [0.2, 0.25) is 0 Å². The van der Waals surface area contributed by atoms with Crippen molar-refractivity contribution in [3.8, 4) is 0 Å². The van der Waals surface area contributed by atoms with E-state index in [2.05, 4.69) is 0 Å². The van der Waals surface area contributed by atoms with Gasteiger partial charge >= 0.3 is 0 Å². The third-order valence-corrected chi connectivity index (χ3v) is 3.48. The number of carbonyl (C=O) groups is 2. The maximum absolute atomic E-state index is 13.8. The number of halogens is 2. The van der Waals surface area contributed by atoms with Crippen LogP contribution >= 0.6 is 0 Å². The molecule has 1 aliphatic rings. The first-order valence-corrected chi connectivity index (χ1v) is 6.47. The smallest absolute Gasteiger partial charge is 0.264 e. The van der Waals surface area contributed by atoms with Gasteiger partial charge in [0.15, 0.2) is 5.78 Å². The van der Waals surface area contributed by atoms with Crippen molar-refractivity contribution in [1.82, 2.24) is 0 Å². The molecule has 0 bridgehead atoms. The van der Waals surface area contributed by atoms with Gasteiger partial charge in [-0.15, -0.1) is 0 Å². The third-order valence-electron chi connectivity index (χ3n) is 3.48. The van der Waals surface area contributed by atoms with Gasteiger partial charge in [0.2, 0.25) is 0 Å². The Labute approximate surface area is 119 Å². The van der Waals surface area contributed by atoms with E-state index >= 15 is 0 Å². The van der Waals surface area contributed by atoms with Gasteiger partial charge in [0.1, 0.15) is 17.2 Å². The molecule has 3 nitrogen and oxygen atoms in total. The van der Waals surface area contributed by atoms with Crippen LogP contribution in [0.1, 0.15) is 27.1 Å². The Hall–Kier alpha value is -2.56. The minimum Gasteiger partial charge on any atom is -0.307 e. The van der Waals surface area contributed by atoms with Crippen molar-refractivity contribution in [2.24, 2.45) is 0 Å². The Morgan fingerprint density at radius 2 is 1.67 bits per heavy atom. The fraction of sp³-hybridized carbons (Fsp3) is 0.125. The van der Waals surface area contributed by atoms with E-state index in [0.29, 0.717) is 11.3 Å². The zero-order chi connectivity index (χ0) is 15.0. The number of para-hydroxylation sites is 1. The number of nitrogens with zero attached hydrogens (tertiary/aromatic N) is 1. The van der Waals surface area contributed by atoms with Crippen molar-refractivity contribution >= 4 is 17.4 Å². The highest BCUT2D eigenvalue weighted by atomic mass is 19.1. The summed E-state index contributed by atoms with van der Waals surface area (Å²) in [5.41, 5.74) is 0.192. The molecule has 0 radical (unpaired) electrons. The molecule has 0 fully saturated rings. The molecule has 0 N–H and O–H groups in total. The summed E-state index contributed by atoms with van der Waals surface area (Å²) in [6, 6.07) is 9.85.